The Morgan fingerprint density at radius 1 is 1.37 bits per heavy atom. The summed E-state index contributed by atoms with van der Waals surface area (Å²) in [5.74, 6) is -1.43. The predicted molar refractivity (Wildman–Crippen MR) is 66.3 cm³/mol. The number of hydrogen-bond donors (Lipinski definition) is 1. The first-order valence-electron chi connectivity index (χ1n) is 5.71. The number of likely N-dealkylation sites (N-methyl/N-ethyl adjacent to an activating group) is 1. The van der Waals surface area contributed by atoms with Crippen LogP contribution < -0.4 is 4.90 Å². The number of benzene rings is 1. The lowest BCUT2D eigenvalue weighted by Crippen LogP contribution is -2.20. The summed E-state index contributed by atoms with van der Waals surface area (Å²) in [4.78, 5) is 35.1. The summed E-state index contributed by atoms with van der Waals surface area (Å²) in [5.41, 5.74) is 2.02. The first-order valence-corrected chi connectivity index (χ1v) is 5.71. The second-order valence-electron chi connectivity index (χ2n) is 4.28. The van der Waals surface area contributed by atoms with Crippen molar-refractivity contribution in [2.45, 2.75) is 6.42 Å². The molecule has 0 saturated carbocycles. The fraction of sp³-hybridized carbons (Fsp3) is 0.308. The lowest BCUT2D eigenvalue weighted by Gasteiger charge is -2.10. The summed E-state index contributed by atoms with van der Waals surface area (Å²) in [6, 6.07) is 4.98. The zero-order chi connectivity index (χ0) is 14.0. The number of fused-ring (bicyclic) bond motifs is 1. The highest BCUT2D eigenvalue weighted by molar-refractivity contribution is 6.03. The van der Waals surface area contributed by atoms with Gasteiger partial charge in [-0.15, -0.1) is 0 Å². The molecule has 0 unspecified atom stereocenters. The van der Waals surface area contributed by atoms with Crippen LogP contribution in [-0.4, -0.2) is 43.0 Å². The second-order valence-corrected chi connectivity index (χ2v) is 4.28. The number of ketones is 1. The Kier molecular flexibility index (Phi) is 3.62. The summed E-state index contributed by atoms with van der Waals surface area (Å²) in [6.45, 7) is -0.785. The van der Waals surface area contributed by atoms with Crippen LogP contribution in [0.2, 0.25) is 0 Å². The van der Waals surface area contributed by atoms with Crippen LogP contribution in [0.5, 0.6) is 0 Å². The number of carbonyl (C=O) groups excluding carboxylic acids is 2. The van der Waals surface area contributed by atoms with Gasteiger partial charge in [0.15, 0.2) is 5.78 Å². The van der Waals surface area contributed by atoms with Gasteiger partial charge in [0.05, 0.1) is 6.42 Å². The van der Waals surface area contributed by atoms with Crippen molar-refractivity contribution >= 4 is 23.3 Å². The molecule has 2 rings (SSSR count). The number of ether oxygens (including phenoxy) is 1. The van der Waals surface area contributed by atoms with E-state index >= 15 is 0 Å². The van der Waals surface area contributed by atoms with E-state index in [0.717, 1.165) is 11.3 Å². The van der Waals surface area contributed by atoms with E-state index in [0.29, 0.717) is 5.56 Å². The average molecular weight is 263 g/mol. The number of rotatable bonds is 5. The van der Waals surface area contributed by atoms with Gasteiger partial charge in [0.1, 0.15) is 13.2 Å². The number of Topliss-reactive ketones (excluding diaryl/α,β-unsaturated/α-hetero) is 1. The topological polar surface area (TPSA) is 83.9 Å². The van der Waals surface area contributed by atoms with Gasteiger partial charge in [0, 0.05) is 18.3 Å². The van der Waals surface area contributed by atoms with Crippen LogP contribution in [0.25, 0.3) is 0 Å². The van der Waals surface area contributed by atoms with Crippen LogP contribution in [0.3, 0.4) is 0 Å². The average Bonchev–Trinajstić information content (AvgIpc) is 2.64. The van der Waals surface area contributed by atoms with Crippen molar-refractivity contribution in [2.75, 3.05) is 25.2 Å². The number of carboxylic acids is 1. The molecule has 1 heterocycles. The van der Waals surface area contributed by atoms with E-state index in [1.165, 1.54) is 0 Å². The first-order chi connectivity index (χ1) is 8.99. The molecule has 1 aliphatic rings. The zero-order valence-electron chi connectivity index (χ0n) is 10.4. The molecule has 0 bridgehead atoms. The highest BCUT2D eigenvalue weighted by atomic mass is 16.5. The van der Waals surface area contributed by atoms with Crippen LogP contribution in [-0.2, 0) is 20.7 Å². The number of aliphatic carboxylic acids is 1. The highest BCUT2D eigenvalue weighted by Crippen LogP contribution is 2.28. The number of amides is 1. The molecule has 0 fully saturated rings. The number of anilines is 1. The van der Waals surface area contributed by atoms with Crippen molar-refractivity contribution < 1.29 is 24.2 Å². The monoisotopic (exact) mass is 263 g/mol. The maximum atomic E-state index is 11.8. The summed E-state index contributed by atoms with van der Waals surface area (Å²) >= 11 is 0. The molecule has 6 nitrogen and oxygen atoms in total. The van der Waals surface area contributed by atoms with Gasteiger partial charge >= 0.3 is 5.97 Å². The van der Waals surface area contributed by atoms with Gasteiger partial charge < -0.3 is 14.7 Å². The third-order valence-electron chi connectivity index (χ3n) is 2.94. The molecule has 1 aromatic rings. The Balaban J connectivity index is 2.07. The van der Waals surface area contributed by atoms with Crippen molar-refractivity contribution in [1.29, 1.82) is 0 Å². The number of carbonyl (C=O) groups is 3. The van der Waals surface area contributed by atoms with Crippen LogP contribution >= 0.6 is 0 Å². The van der Waals surface area contributed by atoms with E-state index in [9.17, 15) is 14.4 Å². The molecule has 0 aliphatic carbocycles. The van der Waals surface area contributed by atoms with Gasteiger partial charge in [-0.05, 0) is 23.8 Å². The van der Waals surface area contributed by atoms with E-state index in [2.05, 4.69) is 0 Å². The molecule has 100 valence electrons. The van der Waals surface area contributed by atoms with Gasteiger partial charge in [-0.3, -0.25) is 9.59 Å². The standard InChI is InChI=1S/C13H13NO5/c1-14-10-3-2-8(4-9(10)5-12(14)16)11(15)6-19-7-13(17)18/h2-4H,5-7H2,1H3,(H,17,18). The predicted octanol–water partition coefficient (Wildman–Crippen LogP) is 0.489. The largest absolute Gasteiger partial charge is 0.480 e. The normalized spacial score (nSPS) is 13.5. The number of carboxylic acid groups (broad SMARTS) is 1. The van der Waals surface area contributed by atoms with E-state index < -0.39 is 12.6 Å². The molecule has 0 aromatic heterocycles. The molecule has 19 heavy (non-hydrogen) atoms. The van der Waals surface area contributed by atoms with E-state index in [4.69, 9.17) is 9.84 Å². The quantitative estimate of drug-likeness (QED) is 0.781. The molecule has 0 spiro atoms. The van der Waals surface area contributed by atoms with Gasteiger partial charge in [-0.25, -0.2) is 4.79 Å². The Morgan fingerprint density at radius 2 is 2.11 bits per heavy atom. The van der Waals surface area contributed by atoms with Crippen molar-refractivity contribution in [2.24, 2.45) is 0 Å². The Labute approximate surface area is 109 Å². The smallest absolute Gasteiger partial charge is 0.329 e. The van der Waals surface area contributed by atoms with E-state index in [-0.39, 0.29) is 24.7 Å². The van der Waals surface area contributed by atoms with Crippen molar-refractivity contribution in [3.05, 3.63) is 29.3 Å². The molecule has 0 atom stereocenters. The molecule has 1 N–H and O–H groups in total. The summed E-state index contributed by atoms with van der Waals surface area (Å²) in [5, 5.41) is 8.40. The fourth-order valence-electron chi connectivity index (χ4n) is 1.96. The van der Waals surface area contributed by atoms with Crippen LogP contribution in [0.1, 0.15) is 15.9 Å². The Morgan fingerprint density at radius 3 is 2.79 bits per heavy atom. The van der Waals surface area contributed by atoms with Gasteiger partial charge in [-0.1, -0.05) is 0 Å². The minimum Gasteiger partial charge on any atom is -0.480 e. The van der Waals surface area contributed by atoms with Crippen molar-refractivity contribution in [3.63, 3.8) is 0 Å². The zero-order valence-corrected chi connectivity index (χ0v) is 10.4. The minimum atomic E-state index is -1.12. The lowest BCUT2D eigenvalue weighted by atomic mass is 10.1. The SMILES string of the molecule is CN1C(=O)Cc2cc(C(=O)COCC(=O)O)ccc21. The Bertz CT molecular complexity index is 552. The fourth-order valence-corrected chi connectivity index (χ4v) is 1.96. The Hall–Kier alpha value is -2.21. The summed E-state index contributed by atoms with van der Waals surface area (Å²) < 4.78 is 4.75. The molecule has 0 radical (unpaired) electrons. The third kappa shape index (κ3) is 2.79. The highest BCUT2D eigenvalue weighted by Gasteiger charge is 2.24. The summed E-state index contributed by atoms with van der Waals surface area (Å²) in [7, 11) is 1.69. The molecule has 1 aliphatic heterocycles. The van der Waals surface area contributed by atoms with Crippen LogP contribution in [0, 0.1) is 0 Å². The van der Waals surface area contributed by atoms with Crippen LogP contribution in [0.15, 0.2) is 18.2 Å². The van der Waals surface area contributed by atoms with Gasteiger partial charge in [0.2, 0.25) is 5.91 Å². The van der Waals surface area contributed by atoms with Crippen LogP contribution in [0.4, 0.5) is 5.69 Å². The molecule has 1 amide bonds. The van der Waals surface area contributed by atoms with Gasteiger partial charge in [0.25, 0.3) is 0 Å². The molecule has 0 saturated heterocycles. The first kappa shape index (κ1) is 13.2. The lowest BCUT2D eigenvalue weighted by molar-refractivity contribution is -0.141. The second kappa shape index (κ2) is 5.19. The number of nitrogens with zero attached hydrogens (tertiary/aromatic N) is 1. The maximum absolute atomic E-state index is 11.8. The molecular weight excluding hydrogens is 250 g/mol. The van der Waals surface area contributed by atoms with Crippen molar-refractivity contribution in [3.8, 4) is 0 Å². The minimum absolute atomic E-state index is 0.0123. The third-order valence-corrected chi connectivity index (χ3v) is 2.94. The van der Waals surface area contributed by atoms with E-state index in [1.54, 1.807) is 30.1 Å². The molecule has 6 heteroatoms. The molecular formula is C13H13NO5. The number of hydrogen-bond acceptors (Lipinski definition) is 4. The van der Waals surface area contributed by atoms with E-state index in [1.807, 2.05) is 0 Å². The maximum Gasteiger partial charge on any atom is 0.329 e. The molecule has 1 aromatic carbocycles. The summed E-state index contributed by atoms with van der Waals surface area (Å²) in [6.07, 6.45) is 0.281. The van der Waals surface area contributed by atoms with Crippen molar-refractivity contribution in [1.82, 2.24) is 0 Å². The van der Waals surface area contributed by atoms with Gasteiger partial charge in [-0.2, -0.15) is 0 Å².